The van der Waals surface area contributed by atoms with Crippen molar-refractivity contribution in [3.63, 3.8) is 0 Å². The summed E-state index contributed by atoms with van der Waals surface area (Å²) < 4.78 is 21.0. The summed E-state index contributed by atoms with van der Waals surface area (Å²) in [5, 5.41) is 0. The number of esters is 1. The van der Waals surface area contributed by atoms with Crippen LogP contribution in [0.5, 0.6) is 23.0 Å². The van der Waals surface area contributed by atoms with E-state index in [1.165, 1.54) is 13.2 Å². The number of ketones is 1. The number of ether oxygens (including phenoxy) is 4. The topological polar surface area (TPSA) is 71.1 Å². The fourth-order valence-corrected chi connectivity index (χ4v) is 2.78. The second-order valence-corrected chi connectivity index (χ2v) is 6.45. The lowest BCUT2D eigenvalue weighted by atomic mass is 10.1. The third-order valence-corrected chi connectivity index (χ3v) is 4.52. The number of methoxy groups -OCH3 is 3. The molecular weight excluding hydrogens is 396 g/mol. The van der Waals surface area contributed by atoms with Crippen LogP contribution in [0.25, 0.3) is 6.08 Å². The van der Waals surface area contributed by atoms with Crippen LogP contribution in [0.1, 0.15) is 26.3 Å². The normalized spacial score (nSPS) is 10.5. The first-order valence-electron chi connectivity index (χ1n) is 9.45. The molecule has 0 fully saturated rings. The number of carbonyl (C=O) groups excluding carboxylic acids is 2. The molecular formula is C25H22O6. The van der Waals surface area contributed by atoms with Crippen molar-refractivity contribution in [1.82, 2.24) is 0 Å². The Hall–Kier alpha value is -4.06. The molecule has 0 atom stereocenters. The smallest absolute Gasteiger partial charge is 0.343 e. The minimum Gasteiger partial charge on any atom is -0.497 e. The predicted molar refractivity (Wildman–Crippen MR) is 117 cm³/mol. The van der Waals surface area contributed by atoms with Crippen molar-refractivity contribution in [2.45, 2.75) is 0 Å². The van der Waals surface area contributed by atoms with Gasteiger partial charge in [0.05, 0.1) is 26.9 Å². The molecule has 0 aliphatic rings. The van der Waals surface area contributed by atoms with Gasteiger partial charge in [-0.3, -0.25) is 4.79 Å². The second kappa shape index (κ2) is 10.1. The van der Waals surface area contributed by atoms with Gasteiger partial charge in [0.25, 0.3) is 0 Å². The highest BCUT2D eigenvalue weighted by Crippen LogP contribution is 2.29. The molecule has 0 heterocycles. The van der Waals surface area contributed by atoms with Gasteiger partial charge in [0.1, 0.15) is 11.5 Å². The van der Waals surface area contributed by atoms with E-state index in [4.69, 9.17) is 18.9 Å². The van der Waals surface area contributed by atoms with E-state index in [0.717, 1.165) is 5.56 Å². The van der Waals surface area contributed by atoms with Gasteiger partial charge in [-0.2, -0.15) is 0 Å². The van der Waals surface area contributed by atoms with E-state index in [2.05, 4.69) is 0 Å². The van der Waals surface area contributed by atoms with Crippen molar-refractivity contribution in [3.8, 4) is 23.0 Å². The number of allylic oxidation sites excluding steroid dienone is 1. The zero-order valence-electron chi connectivity index (χ0n) is 17.5. The molecule has 0 aliphatic heterocycles. The first kappa shape index (κ1) is 21.6. The highest BCUT2D eigenvalue weighted by atomic mass is 16.6. The number of rotatable bonds is 8. The Morgan fingerprint density at radius 3 is 1.81 bits per heavy atom. The van der Waals surface area contributed by atoms with Gasteiger partial charge < -0.3 is 18.9 Å². The first-order valence-corrected chi connectivity index (χ1v) is 9.45. The largest absolute Gasteiger partial charge is 0.497 e. The van der Waals surface area contributed by atoms with Crippen LogP contribution in [0.15, 0.2) is 72.8 Å². The summed E-state index contributed by atoms with van der Waals surface area (Å²) in [7, 11) is 4.61. The van der Waals surface area contributed by atoms with E-state index in [-0.39, 0.29) is 11.5 Å². The lowest BCUT2D eigenvalue weighted by Crippen LogP contribution is -2.09. The van der Waals surface area contributed by atoms with E-state index in [1.54, 1.807) is 87.0 Å². The van der Waals surface area contributed by atoms with Crippen molar-refractivity contribution in [3.05, 3.63) is 89.5 Å². The van der Waals surface area contributed by atoms with Crippen molar-refractivity contribution >= 4 is 17.8 Å². The molecule has 0 spiro atoms. The molecule has 0 radical (unpaired) electrons. The van der Waals surface area contributed by atoms with Crippen LogP contribution in [0.3, 0.4) is 0 Å². The number of hydrogen-bond acceptors (Lipinski definition) is 6. The quantitative estimate of drug-likeness (QED) is 0.226. The molecule has 6 nitrogen and oxygen atoms in total. The molecule has 3 aromatic carbocycles. The van der Waals surface area contributed by atoms with E-state index >= 15 is 0 Å². The van der Waals surface area contributed by atoms with E-state index < -0.39 is 5.97 Å². The Balaban J connectivity index is 1.71. The van der Waals surface area contributed by atoms with Gasteiger partial charge in [-0.25, -0.2) is 4.79 Å². The fourth-order valence-electron chi connectivity index (χ4n) is 2.78. The van der Waals surface area contributed by atoms with Gasteiger partial charge in [-0.05, 0) is 72.3 Å². The number of benzene rings is 3. The Labute approximate surface area is 180 Å². The SMILES string of the molecule is COc1ccc(C(=O)/C=C/c2ccc(OC(=O)c3ccc(OC)cc3)c(OC)c2)cc1. The van der Waals surface area contributed by atoms with E-state index in [0.29, 0.717) is 28.4 Å². The maximum atomic E-state index is 12.4. The molecule has 3 aromatic rings. The first-order chi connectivity index (χ1) is 15.0. The molecule has 0 N–H and O–H groups in total. The summed E-state index contributed by atoms with van der Waals surface area (Å²) in [6.07, 6.45) is 3.14. The van der Waals surface area contributed by atoms with Crippen molar-refractivity contribution < 1.29 is 28.5 Å². The maximum Gasteiger partial charge on any atom is 0.343 e. The minimum atomic E-state index is -0.515. The number of hydrogen-bond donors (Lipinski definition) is 0. The Morgan fingerprint density at radius 2 is 1.26 bits per heavy atom. The maximum absolute atomic E-state index is 12.4. The molecule has 158 valence electrons. The molecule has 0 saturated carbocycles. The van der Waals surface area contributed by atoms with Crippen molar-refractivity contribution in [2.75, 3.05) is 21.3 Å². The summed E-state index contributed by atoms with van der Waals surface area (Å²) in [5.41, 5.74) is 1.66. The van der Waals surface area contributed by atoms with Crippen molar-refractivity contribution in [2.24, 2.45) is 0 Å². The Kier molecular flexibility index (Phi) is 7.06. The van der Waals surface area contributed by atoms with Crippen LogP contribution < -0.4 is 18.9 Å². The monoisotopic (exact) mass is 418 g/mol. The molecule has 6 heteroatoms. The van der Waals surface area contributed by atoms with Gasteiger partial charge in [-0.15, -0.1) is 0 Å². The van der Waals surface area contributed by atoms with Crippen LogP contribution in [-0.4, -0.2) is 33.1 Å². The molecule has 0 saturated heterocycles. The summed E-state index contributed by atoms with van der Waals surface area (Å²) >= 11 is 0. The van der Waals surface area contributed by atoms with Crippen LogP contribution >= 0.6 is 0 Å². The molecule has 0 unspecified atom stereocenters. The van der Waals surface area contributed by atoms with Crippen LogP contribution in [0, 0.1) is 0 Å². The van der Waals surface area contributed by atoms with E-state index in [9.17, 15) is 9.59 Å². The predicted octanol–water partition coefficient (Wildman–Crippen LogP) is 4.83. The minimum absolute atomic E-state index is 0.142. The molecule has 31 heavy (non-hydrogen) atoms. The third kappa shape index (κ3) is 5.51. The second-order valence-electron chi connectivity index (χ2n) is 6.45. The highest BCUT2D eigenvalue weighted by Gasteiger charge is 2.13. The molecule has 0 amide bonds. The van der Waals surface area contributed by atoms with Crippen LogP contribution in [0.2, 0.25) is 0 Å². The van der Waals surface area contributed by atoms with Crippen LogP contribution in [0.4, 0.5) is 0 Å². The summed E-state index contributed by atoms with van der Waals surface area (Å²) in [6.45, 7) is 0. The zero-order chi connectivity index (χ0) is 22.2. The molecule has 3 rings (SSSR count). The molecule has 0 aliphatic carbocycles. The average Bonchev–Trinajstić information content (AvgIpc) is 2.83. The highest BCUT2D eigenvalue weighted by molar-refractivity contribution is 6.06. The zero-order valence-corrected chi connectivity index (χ0v) is 17.5. The van der Waals surface area contributed by atoms with Gasteiger partial charge in [0, 0.05) is 5.56 Å². The van der Waals surface area contributed by atoms with Gasteiger partial charge in [0.15, 0.2) is 17.3 Å². The summed E-state index contributed by atoms with van der Waals surface area (Å²) in [4.78, 5) is 24.7. The van der Waals surface area contributed by atoms with Gasteiger partial charge in [-0.1, -0.05) is 12.1 Å². The Bertz CT molecular complexity index is 1080. The Morgan fingerprint density at radius 1 is 0.677 bits per heavy atom. The fraction of sp³-hybridized carbons (Fsp3) is 0.120. The summed E-state index contributed by atoms with van der Waals surface area (Å²) in [5.74, 6) is 1.33. The molecule has 0 aromatic heterocycles. The summed E-state index contributed by atoms with van der Waals surface area (Å²) in [6, 6.07) is 18.5. The standard InChI is InChI=1S/C25H22O6/c1-28-20-10-6-18(7-11-20)22(26)14-4-17-5-15-23(24(16-17)30-3)31-25(27)19-8-12-21(29-2)13-9-19/h4-16H,1-3H3/b14-4+. The average molecular weight is 418 g/mol. The third-order valence-electron chi connectivity index (χ3n) is 4.52. The van der Waals surface area contributed by atoms with Gasteiger partial charge >= 0.3 is 5.97 Å². The lowest BCUT2D eigenvalue weighted by Gasteiger charge is -2.10. The van der Waals surface area contributed by atoms with Crippen LogP contribution in [-0.2, 0) is 0 Å². The molecule has 0 bridgehead atoms. The lowest BCUT2D eigenvalue weighted by molar-refractivity contribution is 0.0729. The van der Waals surface area contributed by atoms with E-state index in [1.807, 2.05) is 0 Å². The van der Waals surface area contributed by atoms with Gasteiger partial charge in [0.2, 0.25) is 0 Å². The number of carbonyl (C=O) groups is 2. The van der Waals surface area contributed by atoms with Crippen molar-refractivity contribution in [1.29, 1.82) is 0 Å².